The van der Waals surface area contributed by atoms with E-state index in [0.717, 1.165) is 20.0 Å². The molecule has 108 valence electrons. The molecule has 0 unspecified atom stereocenters. The lowest BCUT2D eigenvalue weighted by Gasteiger charge is -1.94. The highest BCUT2D eigenvalue weighted by Crippen LogP contribution is 2.17. The van der Waals surface area contributed by atoms with Gasteiger partial charge >= 0.3 is 0 Å². The van der Waals surface area contributed by atoms with E-state index in [2.05, 4.69) is 41.8 Å². The lowest BCUT2D eigenvalue weighted by molar-refractivity contribution is 0.619. The molecule has 0 heterocycles. The highest BCUT2D eigenvalue weighted by Gasteiger charge is 2.02. The fourth-order valence-corrected chi connectivity index (χ4v) is 2.47. The van der Waals surface area contributed by atoms with Crippen molar-refractivity contribution < 1.29 is 8.42 Å². The van der Waals surface area contributed by atoms with E-state index in [1.165, 1.54) is 0 Å². The number of rotatable bonds is 4. The first kappa shape index (κ1) is 16.1. The summed E-state index contributed by atoms with van der Waals surface area (Å²) >= 11 is 6.59. The molecule has 0 aliphatic rings. The Morgan fingerprint density at radius 1 is 0.714 bits per heavy atom. The van der Waals surface area contributed by atoms with Crippen LogP contribution in [-0.2, 0) is 9.84 Å². The third-order valence-corrected chi connectivity index (χ3v) is 4.21. The molecule has 0 amide bonds. The molecule has 2 aromatic rings. The molecule has 0 saturated heterocycles. The van der Waals surface area contributed by atoms with Crippen LogP contribution in [0.5, 0.6) is 0 Å². The van der Waals surface area contributed by atoms with Gasteiger partial charge in [0.1, 0.15) is 11.1 Å². The molecule has 0 saturated carbocycles. The van der Waals surface area contributed by atoms with Gasteiger partial charge in [-0.05, 0) is 48.5 Å². The average molecular weight is 430 g/mol. The Hall–Kier alpha value is -1.31. The van der Waals surface area contributed by atoms with Crippen LogP contribution < -0.4 is 0 Å². The molecule has 0 fully saturated rings. The standard InChI is InChI=1S/C14H10Br2N2O2S/c15-11-1-5-13(6-2-11)17-9-21(19,20)10-18-14-7-3-12(16)4-8-14/h1-10H. The predicted molar refractivity (Wildman–Crippen MR) is 93.5 cm³/mol. The molecule has 0 radical (unpaired) electrons. The molecule has 0 aromatic heterocycles. The van der Waals surface area contributed by atoms with E-state index in [4.69, 9.17) is 0 Å². The molecule has 0 atom stereocenters. The molecule has 4 nitrogen and oxygen atoms in total. The maximum Gasteiger partial charge on any atom is 0.227 e. The van der Waals surface area contributed by atoms with Gasteiger partial charge in [0.2, 0.25) is 9.84 Å². The van der Waals surface area contributed by atoms with E-state index in [9.17, 15) is 8.42 Å². The van der Waals surface area contributed by atoms with Crippen molar-refractivity contribution in [3.05, 3.63) is 57.5 Å². The minimum Gasteiger partial charge on any atom is -0.244 e. The minimum absolute atomic E-state index is 0.554. The van der Waals surface area contributed by atoms with Crippen molar-refractivity contribution in [1.82, 2.24) is 0 Å². The summed E-state index contributed by atoms with van der Waals surface area (Å²) in [6.45, 7) is 0. The lowest BCUT2D eigenvalue weighted by Crippen LogP contribution is -2.01. The van der Waals surface area contributed by atoms with E-state index in [-0.39, 0.29) is 0 Å². The minimum atomic E-state index is -3.60. The summed E-state index contributed by atoms with van der Waals surface area (Å²) < 4.78 is 25.4. The maximum atomic E-state index is 11.8. The molecule has 7 heteroatoms. The van der Waals surface area contributed by atoms with Gasteiger partial charge in [0.25, 0.3) is 0 Å². The first-order chi connectivity index (χ1) is 9.94. The monoisotopic (exact) mass is 428 g/mol. The zero-order chi connectivity index (χ0) is 15.3. The van der Waals surface area contributed by atoms with Crippen LogP contribution >= 0.6 is 31.9 Å². The number of nitrogens with zero attached hydrogens (tertiary/aromatic N) is 2. The van der Waals surface area contributed by atoms with Gasteiger partial charge < -0.3 is 0 Å². The van der Waals surface area contributed by atoms with Crippen LogP contribution in [0.15, 0.2) is 67.5 Å². The quantitative estimate of drug-likeness (QED) is 0.524. The zero-order valence-corrected chi connectivity index (χ0v) is 14.6. The molecule has 0 N–H and O–H groups in total. The Kier molecular flexibility index (Phi) is 5.44. The van der Waals surface area contributed by atoms with Gasteiger partial charge in [-0.25, -0.2) is 18.4 Å². The first-order valence-corrected chi connectivity index (χ1v) is 8.98. The van der Waals surface area contributed by atoms with Gasteiger partial charge in [0.05, 0.1) is 11.4 Å². The summed E-state index contributed by atoms with van der Waals surface area (Å²) in [4.78, 5) is 7.83. The summed E-state index contributed by atoms with van der Waals surface area (Å²) in [5, 5.41) is 0. The predicted octanol–water partition coefficient (Wildman–Crippen LogP) is 4.65. The molecule has 2 rings (SSSR count). The van der Waals surface area contributed by atoms with Crippen LogP contribution in [0.25, 0.3) is 0 Å². The van der Waals surface area contributed by atoms with Gasteiger partial charge in [-0.15, -0.1) is 0 Å². The molecular weight excluding hydrogens is 420 g/mol. The van der Waals surface area contributed by atoms with Gasteiger partial charge in [-0.3, -0.25) is 0 Å². The Labute approximate surface area is 139 Å². The molecular formula is C14H10Br2N2O2S. The van der Waals surface area contributed by atoms with Crippen molar-refractivity contribution in [1.29, 1.82) is 0 Å². The summed E-state index contributed by atoms with van der Waals surface area (Å²) in [6, 6.07) is 14.0. The Morgan fingerprint density at radius 2 is 1.05 bits per heavy atom. The van der Waals surface area contributed by atoms with Crippen LogP contribution in [0.4, 0.5) is 11.4 Å². The van der Waals surface area contributed by atoms with E-state index in [0.29, 0.717) is 11.4 Å². The summed E-state index contributed by atoms with van der Waals surface area (Å²) in [7, 11) is -3.60. The third kappa shape index (κ3) is 5.53. The van der Waals surface area contributed by atoms with Crippen LogP contribution in [0.1, 0.15) is 0 Å². The molecule has 0 aliphatic heterocycles. The number of hydrogen-bond acceptors (Lipinski definition) is 4. The average Bonchev–Trinajstić information content (AvgIpc) is 2.46. The maximum absolute atomic E-state index is 11.8. The van der Waals surface area contributed by atoms with Crippen molar-refractivity contribution in [3.63, 3.8) is 0 Å². The van der Waals surface area contributed by atoms with E-state index < -0.39 is 9.84 Å². The smallest absolute Gasteiger partial charge is 0.227 e. The topological polar surface area (TPSA) is 58.9 Å². The van der Waals surface area contributed by atoms with E-state index in [1.54, 1.807) is 48.5 Å². The molecule has 2 aromatic carbocycles. The molecule has 0 bridgehead atoms. The van der Waals surface area contributed by atoms with Crippen LogP contribution in [0, 0.1) is 0 Å². The second-order valence-electron chi connectivity index (χ2n) is 4.01. The first-order valence-electron chi connectivity index (χ1n) is 5.79. The number of benzene rings is 2. The molecule has 21 heavy (non-hydrogen) atoms. The summed E-state index contributed by atoms with van der Waals surface area (Å²) in [6.07, 6.45) is 0. The van der Waals surface area contributed by atoms with Crippen LogP contribution in [-0.4, -0.2) is 19.5 Å². The van der Waals surface area contributed by atoms with E-state index >= 15 is 0 Å². The Bertz CT molecular complexity index is 706. The highest BCUT2D eigenvalue weighted by atomic mass is 79.9. The summed E-state index contributed by atoms with van der Waals surface area (Å²) in [5.74, 6) is 0. The molecule has 0 aliphatic carbocycles. The van der Waals surface area contributed by atoms with Crippen molar-refractivity contribution in [2.24, 2.45) is 9.98 Å². The number of aliphatic imine (C=N–C) groups is 2. The van der Waals surface area contributed by atoms with Gasteiger partial charge in [0.15, 0.2) is 0 Å². The van der Waals surface area contributed by atoms with Crippen molar-refractivity contribution in [3.8, 4) is 0 Å². The SMILES string of the molecule is O=S(=O)(C=Nc1ccc(Br)cc1)C=Nc1ccc(Br)cc1. The Morgan fingerprint density at radius 3 is 1.38 bits per heavy atom. The highest BCUT2D eigenvalue weighted by molar-refractivity contribution is 9.10. The van der Waals surface area contributed by atoms with E-state index in [1.807, 2.05) is 0 Å². The fraction of sp³-hybridized carbons (Fsp3) is 0. The number of sulfone groups is 1. The van der Waals surface area contributed by atoms with Crippen molar-refractivity contribution >= 4 is 64.2 Å². The van der Waals surface area contributed by atoms with Gasteiger partial charge in [-0.1, -0.05) is 31.9 Å². The van der Waals surface area contributed by atoms with Crippen molar-refractivity contribution in [2.75, 3.05) is 0 Å². The van der Waals surface area contributed by atoms with Crippen molar-refractivity contribution in [2.45, 2.75) is 0 Å². The second-order valence-corrected chi connectivity index (χ2v) is 7.44. The van der Waals surface area contributed by atoms with Gasteiger partial charge in [0, 0.05) is 8.95 Å². The normalized spacial score (nSPS) is 12.3. The third-order valence-electron chi connectivity index (χ3n) is 2.35. The van der Waals surface area contributed by atoms with Crippen LogP contribution in [0.2, 0.25) is 0 Å². The van der Waals surface area contributed by atoms with Crippen LogP contribution in [0.3, 0.4) is 0 Å². The lowest BCUT2D eigenvalue weighted by atomic mass is 10.3. The Balaban J connectivity index is 2.11. The zero-order valence-electron chi connectivity index (χ0n) is 10.6. The largest absolute Gasteiger partial charge is 0.244 e. The number of hydrogen-bond donors (Lipinski definition) is 0. The van der Waals surface area contributed by atoms with Gasteiger partial charge in [-0.2, -0.15) is 0 Å². The summed E-state index contributed by atoms with van der Waals surface area (Å²) in [5.41, 5.74) is 2.88. The second kappa shape index (κ2) is 7.11. The number of halogens is 2. The fourth-order valence-electron chi connectivity index (χ4n) is 1.35. The molecule has 0 spiro atoms.